The van der Waals surface area contributed by atoms with Crippen molar-refractivity contribution in [2.24, 2.45) is 5.92 Å². The van der Waals surface area contributed by atoms with Gasteiger partial charge in [-0.1, -0.05) is 0 Å². The Balaban J connectivity index is 2.39. The molecule has 1 aliphatic rings. The van der Waals surface area contributed by atoms with Crippen LogP contribution in [0.5, 0.6) is 0 Å². The average Bonchev–Trinajstić information content (AvgIpc) is 2.03. The van der Waals surface area contributed by atoms with Crippen LogP contribution in [0, 0.1) is 5.92 Å². The van der Waals surface area contributed by atoms with Gasteiger partial charge in [-0.05, 0) is 12.8 Å². The van der Waals surface area contributed by atoms with E-state index >= 15 is 0 Å². The maximum absolute atomic E-state index is 11.1. The second-order valence-electron chi connectivity index (χ2n) is 2.66. The molecule has 2 unspecified atom stereocenters. The molecule has 64 valence electrons. The molecule has 3 nitrogen and oxygen atoms in total. The smallest absolute Gasteiger partial charge is 0.223 e. The van der Waals surface area contributed by atoms with Crippen LogP contribution >= 0.6 is 12.6 Å². The summed E-state index contributed by atoms with van der Waals surface area (Å²) in [7, 11) is 1.66. The molecule has 0 aliphatic carbocycles. The highest BCUT2D eigenvalue weighted by Gasteiger charge is 2.24. The summed E-state index contributed by atoms with van der Waals surface area (Å²) >= 11 is 4.15. The molecule has 4 heteroatoms. The molecule has 0 saturated carbocycles. The van der Waals surface area contributed by atoms with Crippen molar-refractivity contribution in [3.05, 3.63) is 0 Å². The monoisotopic (exact) mass is 175 g/mol. The molecule has 2 atom stereocenters. The van der Waals surface area contributed by atoms with Crippen molar-refractivity contribution in [2.75, 3.05) is 13.7 Å². The van der Waals surface area contributed by atoms with Crippen LogP contribution in [0.1, 0.15) is 12.8 Å². The number of nitrogens with one attached hydrogen (secondary N) is 1. The van der Waals surface area contributed by atoms with E-state index in [1.54, 1.807) is 7.05 Å². The highest BCUT2D eigenvalue weighted by molar-refractivity contribution is 7.80. The van der Waals surface area contributed by atoms with Gasteiger partial charge in [0.05, 0.1) is 0 Å². The minimum Gasteiger partial charge on any atom is -0.368 e. The molecule has 0 aromatic rings. The van der Waals surface area contributed by atoms with Crippen LogP contribution in [0.4, 0.5) is 0 Å². The normalized spacial score (nSPS) is 31.5. The lowest BCUT2D eigenvalue weighted by molar-refractivity contribution is -0.127. The molecule has 1 fully saturated rings. The highest BCUT2D eigenvalue weighted by atomic mass is 32.1. The van der Waals surface area contributed by atoms with E-state index in [1.807, 2.05) is 0 Å². The topological polar surface area (TPSA) is 38.3 Å². The molecule has 0 spiro atoms. The Morgan fingerprint density at radius 3 is 3.00 bits per heavy atom. The van der Waals surface area contributed by atoms with E-state index in [2.05, 4.69) is 17.9 Å². The number of carbonyl (C=O) groups is 1. The van der Waals surface area contributed by atoms with Crippen molar-refractivity contribution in [1.82, 2.24) is 5.32 Å². The van der Waals surface area contributed by atoms with Crippen molar-refractivity contribution in [3.8, 4) is 0 Å². The SMILES string of the molecule is CNC(=O)C1CCOC(S)C1. The summed E-state index contributed by atoms with van der Waals surface area (Å²) in [6.45, 7) is 0.645. The molecule has 11 heavy (non-hydrogen) atoms. The Kier molecular flexibility index (Phi) is 3.20. The minimum atomic E-state index is -0.0638. The van der Waals surface area contributed by atoms with E-state index in [1.165, 1.54) is 0 Å². The summed E-state index contributed by atoms with van der Waals surface area (Å²) in [5.41, 5.74) is -0.0638. The Hall–Kier alpha value is -0.220. The molecule has 1 saturated heterocycles. The molecule has 1 heterocycles. The van der Waals surface area contributed by atoms with Crippen molar-refractivity contribution >= 4 is 18.5 Å². The van der Waals surface area contributed by atoms with Gasteiger partial charge in [0.15, 0.2) is 0 Å². The number of rotatable bonds is 1. The second-order valence-corrected chi connectivity index (χ2v) is 3.24. The van der Waals surface area contributed by atoms with Gasteiger partial charge in [-0.25, -0.2) is 0 Å². The highest BCUT2D eigenvalue weighted by Crippen LogP contribution is 2.21. The van der Waals surface area contributed by atoms with Crippen LogP contribution in [-0.4, -0.2) is 25.0 Å². The number of thiol groups is 1. The number of ether oxygens (including phenoxy) is 1. The van der Waals surface area contributed by atoms with Crippen LogP contribution in [0.2, 0.25) is 0 Å². The molecule has 1 aliphatic heterocycles. The summed E-state index contributed by atoms with van der Waals surface area (Å²) in [5, 5.41) is 2.63. The minimum absolute atomic E-state index is 0.0638. The van der Waals surface area contributed by atoms with Gasteiger partial charge in [0, 0.05) is 19.6 Å². The van der Waals surface area contributed by atoms with E-state index in [0.29, 0.717) is 6.61 Å². The average molecular weight is 175 g/mol. The lowest BCUT2D eigenvalue weighted by Gasteiger charge is -2.24. The molecule has 0 radical (unpaired) electrons. The van der Waals surface area contributed by atoms with E-state index in [-0.39, 0.29) is 17.3 Å². The molecule has 0 bridgehead atoms. The first kappa shape index (κ1) is 8.87. The van der Waals surface area contributed by atoms with Gasteiger partial charge in [0.1, 0.15) is 5.44 Å². The van der Waals surface area contributed by atoms with Crippen LogP contribution in [0.25, 0.3) is 0 Å². The third kappa shape index (κ3) is 2.38. The summed E-state index contributed by atoms with van der Waals surface area (Å²) in [6.07, 6.45) is 1.54. The van der Waals surface area contributed by atoms with Crippen LogP contribution in [0.15, 0.2) is 0 Å². The Morgan fingerprint density at radius 1 is 1.73 bits per heavy atom. The van der Waals surface area contributed by atoms with Gasteiger partial charge in [0.2, 0.25) is 5.91 Å². The maximum atomic E-state index is 11.1. The zero-order valence-corrected chi connectivity index (χ0v) is 7.43. The van der Waals surface area contributed by atoms with Crippen molar-refractivity contribution in [3.63, 3.8) is 0 Å². The lowest BCUT2D eigenvalue weighted by atomic mass is 9.99. The second kappa shape index (κ2) is 3.97. The van der Waals surface area contributed by atoms with Gasteiger partial charge in [0.25, 0.3) is 0 Å². The molecular formula is C7H13NO2S. The molecule has 1 amide bonds. The third-order valence-electron chi connectivity index (χ3n) is 1.88. The number of hydrogen-bond acceptors (Lipinski definition) is 3. The largest absolute Gasteiger partial charge is 0.368 e. The number of carbonyl (C=O) groups excluding carboxylic acids is 1. The van der Waals surface area contributed by atoms with E-state index < -0.39 is 0 Å². The number of hydrogen-bond donors (Lipinski definition) is 2. The first-order chi connectivity index (χ1) is 5.24. The Bertz CT molecular complexity index is 151. The zero-order valence-electron chi connectivity index (χ0n) is 6.54. The molecule has 0 aromatic heterocycles. The third-order valence-corrected chi connectivity index (χ3v) is 2.24. The lowest BCUT2D eigenvalue weighted by Crippen LogP contribution is -2.33. The van der Waals surface area contributed by atoms with Gasteiger partial charge in [-0.3, -0.25) is 4.79 Å². The summed E-state index contributed by atoms with van der Waals surface area (Å²) < 4.78 is 5.19. The standard InChI is InChI=1S/C7H13NO2S/c1-8-7(9)5-2-3-10-6(11)4-5/h5-6,11H,2-4H2,1H3,(H,8,9). The zero-order chi connectivity index (χ0) is 8.27. The van der Waals surface area contributed by atoms with E-state index in [0.717, 1.165) is 12.8 Å². The van der Waals surface area contributed by atoms with Crippen LogP contribution < -0.4 is 5.32 Å². The van der Waals surface area contributed by atoms with Gasteiger partial charge < -0.3 is 10.1 Å². The van der Waals surface area contributed by atoms with Gasteiger partial charge >= 0.3 is 0 Å². The fourth-order valence-electron chi connectivity index (χ4n) is 1.22. The Morgan fingerprint density at radius 2 is 2.45 bits per heavy atom. The first-order valence-electron chi connectivity index (χ1n) is 3.75. The molecule has 1 N–H and O–H groups in total. The predicted octanol–water partition coefficient (Wildman–Crippen LogP) is 0.415. The number of amides is 1. The molecular weight excluding hydrogens is 162 g/mol. The van der Waals surface area contributed by atoms with Gasteiger partial charge in [-0.2, -0.15) is 0 Å². The fraction of sp³-hybridized carbons (Fsp3) is 0.857. The Labute approximate surface area is 71.9 Å². The van der Waals surface area contributed by atoms with E-state index in [4.69, 9.17) is 4.74 Å². The predicted molar refractivity (Wildman–Crippen MR) is 45.5 cm³/mol. The van der Waals surface area contributed by atoms with Gasteiger partial charge in [-0.15, -0.1) is 12.6 Å². The van der Waals surface area contributed by atoms with E-state index in [9.17, 15) is 4.79 Å². The molecule has 0 aromatic carbocycles. The van der Waals surface area contributed by atoms with Crippen molar-refractivity contribution < 1.29 is 9.53 Å². The van der Waals surface area contributed by atoms with Crippen LogP contribution in [-0.2, 0) is 9.53 Å². The maximum Gasteiger partial charge on any atom is 0.223 e. The molecule has 1 rings (SSSR count). The summed E-state index contributed by atoms with van der Waals surface area (Å²) in [4.78, 5) is 11.1. The van der Waals surface area contributed by atoms with Crippen molar-refractivity contribution in [2.45, 2.75) is 18.3 Å². The van der Waals surface area contributed by atoms with Crippen LogP contribution in [0.3, 0.4) is 0 Å². The van der Waals surface area contributed by atoms with Crippen molar-refractivity contribution in [1.29, 1.82) is 0 Å². The summed E-state index contributed by atoms with van der Waals surface area (Å²) in [5.74, 6) is 0.198. The summed E-state index contributed by atoms with van der Waals surface area (Å²) in [6, 6.07) is 0. The quantitative estimate of drug-likeness (QED) is 0.567. The fourth-order valence-corrected chi connectivity index (χ4v) is 1.58. The first-order valence-corrected chi connectivity index (χ1v) is 4.27.